The van der Waals surface area contributed by atoms with Crippen molar-refractivity contribution < 1.29 is 23.0 Å². The zero-order chi connectivity index (χ0) is 22.6. The Kier molecular flexibility index (Phi) is 7.08. The van der Waals surface area contributed by atoms with Crippen LogP contribution in [-0.4, -0.2) is 70.5 Å². The molecule has 1 unspecified atom stereocenters. The third kappa shape index (κ3) is 5.68. The number of nitrogens with one attached hydrogen (secondary N) is 1. The highest BCUT2D eigenvalue weighted by Crippen LogP contribution is 2.29. The summed E-state index contributed by atoms with van der Waals surface area (Å²) in [6.07, 6.45) is 14.7. The van der Waals surface area contributed by atoms with Crippen molar-refractivity contribution in [3.05, 3.63) is 29.7 Å². The van der Waals surface area contributed by atoms with Crippen molar-refractivity contribution in [2.24, 2.45) is 0 Å². The smallest absolute Gasteiger partial charge is 0.318 e. The summed E-state index contributed by atoms with van der Waals surface area (Å²) in [7, 11) is 1.47. The maximum Gasteiger partial charge on any atom is 0.318 e. The minimum atomic E-state index is -3.00. The fraction of sp³-hybridized carbons (Fsp3) is 0.571. The quantitative estimate of drug-likeness (QED) is 0.645. The minimum Gasteiger partial charge on any atom is -0.382 e. The Labute approximate surface area is 179 Å². The van der Waals surface area contributed by atoms with E-state index in [2.05, 4.69) is 28.2 Å². The van der Waals surface area contributed by atoms with E-state index in [1.165, 1.54) is 7.11 Å². The summed E-state index contributed by atoms with van der Waals surface area (Å²) < 4.78 is 40.4. The second kappa shape index (κ2) is 9.58. The number of carbonyl (C=O) groups excluding carboxylic acids is 1. The number of halogens is 2. The van der Waals surface area contributed by atoms with Gasteiger partial charge in [-0.1, -0.05) is 0 Å². The lowest BCUT2D eigenvalue weighted by Crippen LogP contribution is -2.58. The Morgan fingerprint density at radius 1 is 1.39 bits per heavy atom. The summed E-state index contributed by atoms with van der Waals surface area (Å²) in [5.41, 5.74) is 2.02. The number of urea groups is 1. The minimum absolute atomic E-state index is 0.0624. The molecular weight excluding hydrogens is 408 g/mol. The van der Waals surface area contributed by atoms with E-state index in [9.17, 15) is 13.6 Å². The lowest BCUT2D eigenvalue weighted by Gasteiger charge is -2.38. The van der Waals surface area contributed by atoms with Crippen molar-refractivity contribution in [3.8, 4) is 12.8 Å². The molecule has 31 heavy (non-hydrogen) atoms. The third-order valence-corrected chi connectivity index (χ3v) is 5.08. The number of hydrogen-bond donors (Lipinski definition) is 1. The molecule has 4 rings (SSSR count). The van der Waals surface area contributed by atoms with E-state index in [1.54, 1.807) is 16.8 Å². The maximum absolute atomic E-state index is 13.9. The van der Waals surface area contributed by atoms with Crippen LogP contribution >= 0.6 is 0 Å². The molecule has 0 bridgehead atoms. The lowest BCUT2D eigenvalue weighted by molar-refractivity contribution is -0.0509. The van der Waals surface area contributed by atoms with Gasteiger partial charge in [-0.2, -0.15) is 5.10 Å². The molecule has 2 aromatic rings. The number of fused-ring (bicyclic) bond motifs is 1. The van der Waals surface area contributed by atoms with Gasteiger partial charge in [-0.3, -0.25) is 0 Å². The molecule has 2 atom stereocenters. The molecule has 2 amide bonds. The predicted octanol–water partition coefficient (Wildman–Crippen LogP) is 2.44. The highest BCUT2D eigenvalue weighted by molar-refractivity contribution is 5.76. The summed E-state index contributed by atoms with van der Waals surface area (Å²) in [6, 6.07) is 0.515. The average Bonchev–Trinajstić information content (AvgIpc) is 3.45. The number of rotatable bonds is 8. The largest absolute Gasteiger partial charge is 0.382 e. The molecule has 0 spiro atoms. The zero-order valence-corrected chi connectivity index (χ0v) is 17.6. The number of methoxy groups -OCH3 is 1. The van der Waals surface area contributed by atoms with E-state index in [4.69, 9.17) is 9.47 Å². The fourth-order valence-corrected chi connectivity index (χ4v) is 3.56. The van der Waals surface area contributed by atoms with Crippen molar-refractivity contribution in [1.29, 1.82) is 0 Å². The Bertz CT molecular complexity index is 928. The molecule has 3 heterocycles. The number of terminal acetylenes is 1. The monoisotopic (exact) mass is 435 g/mol. The van der Waals surface area contributed by atoms with E-state index in [0.717, 1.165) is 23.4 Å². The Morgan fingerprint density at radius 3 is 2.81 bits per heavy atom. The molecule has 2 fully saturated rings. The molecule has 10 heteroatoms. The van der Waals surface area contributed by atoms with Crippen LogP contribution in [0.15, 0.2) is 18.5 Å². The van der Waals surface area contributed by atoms with Crippen molar-refractivity contribution in [2.75, 3.05) is 26.8 Å². The van der Waals surface area contributed by atoms with Crippen LogP contribution in [0, 0.1) is 12.8 Å². The van der Waals surface area contributed by atoms with Crippen LogP contribution in [0.25, 0.3) is 5.65 Å². The van der Waals surface area contributed by atoms with Gasteiger partial charge >= 0.3 is 6.03 Å². The number of hydrogen-bond acceptors (Lipinski definition) is 5. The SMILES string of the molecule is C#C.COC[C@H](c1cnn2cc(CC(C)OC3CC3)nc2c1)N1CC(F)(F)CNC1=O. The van der Waals surface area contributed by atoms with Gasteiger partial charge < -0.3 is 19.7 Å². The van der Waals surface area contributed by atoms with Gasteiger partial charge in [-0.25, -0.2) is 23.1 Å². The second-order valence-corrected chi connectivity index (χ2v) is 7.79. The van der Waals surface area contributed by atoms with E-state index >= 15 is 0 Å². The van der Waals surface area contributed by atoms with Crippen LogP contribution in [0.5, 0.6) is 0 Å². The predicted molar refractivity (Wildman–Crippen MR) is 110 cm³/mol. The van der Waals surface area contributed by atoms with Crippen molar-refractivity contribution in [1.82, 2.24) is 24.8 Å². The van der Waals surface area contributed by atoms with Crippen LogP contribution < -0.4 is 5.32 Å². The van der Waals surface area contributed by atoms with Crippen LogP contribution in [0.1, 0.15) is 37.1 Å². The van der Waals surface area contributed by atoms with Gasteiger partial charge in [0.25, 0.3) is 5.92 Å². The van der Waals surface area contributed by atoms with E-state index in [1.807, 2.05) is 13.1 Å². The van der Waals surface area contributed by atoms with Crippen molar-refractivity contribution in [2.45, 2.75) is 50.4 Å². The van der Waals surface area contributed by atoms with Gasteiger partial charge in [0.15, 0.2) is 5.65 Å². The van der Waals surface area contributed by atoms with Crippen LogP contribution in [-0.2, 0) is 15.9 Å². The number of ether oxygens (including phenoxy) is 2. The number of alkyl halides is 2. The van der Waals surface area contributed by atoms with Gasteiger partial charge in [-0.15, -0.1) is 12.8 Å². The Hall–Kier alpha value is -2.77. The first-order valence-electron chi connectivity index (χ1n) is 10.1. The molecular formula is C21H27F2N5O3. The van der Waals surface area contributed by atoms with Gasteiger partial charge in [-0.05, 0) is 25.8 Å². The highest BCUT2D eigenvalue weighted by atomic mass is 19.3. The number of imidazole rings is 1. The van der Waals surface area contributed by atoms with Gasteiger partial charge in [0.2, 0.25) is 0 Å². The molecule has 0 aromatic carbocycles. The van der Waals surface area contributed by atoms with Gasteiger partial charge in [0, 0.05) is 19.1 Å². The molecule has 1 N–H and O–H groups in total. The molecule has 2 aromatic heterocycles. The first kappa shape index (κ1) is 22.9. The lowest BCUT2D eigenvalue weighted by atomic mass is 10.1. The van der Waals surface area contributed by atoms with E-state index in [0.29, 0.717) is 23.7 Å². The van der Waals surface area contributed by atoms with Crippen molar-refractivity contribution in [3.63, 3.8) is 0 Å². The molecule has 1 saturated heterocycles. The number of nitrogens with zero attached hydrogens (tertiary/aromatic N) is 4. The van der Waals surface area contributed by atoms with Gasteiger partial charge in [0.05, 0.1) is 56.0 Å². The van der Waals surface area contributed by atoms with E-state index in [-0.39, 0.29) is 12.7 Å². The number of amides is 2. The van der Waals surface area contributed by atoms with Crippen LogP contribution in [0.4, 0.5) is 13.6 Å². The summed E-state index contributed by atoms with van der Waals surface area (Å²) in [4.78, 5) is 17.9. The maximum atomic E-state index is 13.9. The molecule has 2 aliphatic rings. The molecule has 1 aliphatic carbocycles. The molecule has 0 radical (unpaired) electrons. The summed E-state index contributed by atoms with van der Waals surface area (Å²) in [5.74, 6) is -3.00. The van der Waals surface area contributed by atoms with Gasteiger partial charge in [0.1, 0.15) is 0 Å². The molecule has 1 saturated carbocycles. The first-order valence-corrected chi connectivity index (χ1v) is 10.1. The van der Waals surface area contributed by atoms with E-state index < -0.39 is 31.1 Å². The highest BCUT2D eigenvalue weighted by Gasteiger charge is 2.42. The average molecular weight is 435 g/mol. The number of carbonyl (C=O) groups is 1. The molecule has 8 nitrogen and oxygen atoms in total. The normalized spacial score (nSPS) is 19.9. The van der Waals surface area contributed by atoms with Crippen LogP contribution in [0.3, 0.4) is 0 Å². The topological polar surface area (TPSA) is 81.0 Å². The Morgan fingerprint density at radius 2 is 2.13 bits per heavy atom. The Balaban J connectivity index is 0.00000132. The number of aromatic nitrogens is 3. The molecule has 168 valence electrons. The summed E-state index contributed by atoms with van der Waals surface area (Å²) in [6.45, 7) is 0.754. The molecule has 1 aliphatic heterocycles. The fourth-order valence-electron chi connectivity index (χ4n) is 3.56. The van der Waals surface area contributed by atoms with Crippen LogP contribution in [0.2, 0.25) is 0 Å². The first-order chi connectivity index (χ1) is 14.8. The summed E-state index contributed by atoms with van der Waals surface area (Å²) in [5, 5.41) is 6.59. The van der Waals surface area contributed by atoms with Crippen molar-refractivity contribution >= 4 is 11.7 Å². The second-order valence-electron chi connectivity index (χ2n) is 7.79. The standard InChI is InChI=1S/C19H25F2N5O3.C2H2/c1-12(29-15-3-4-15)5-14-8-26-17(24-14)6-13(7-23-26)16(9-28-2)25-11-19(20,21)10-22-18(25)27;1-2/h6-8,12,15-16H,3-5,9-11H2,1-2H3,(H,22,27);1-2H/t12?,16-;/m1./s1. The zero-order valence-electron chi connectivity index (χ0n) is 17.6. The summed E-state index contributed by atoms with van der Waals surface area (Å²) >= 11 is 0. The third-order valence-electron chi connectivity index (χ3n) is 5.08.